The summed E-state index contributed by atoms with van der Waals surface area (Å²) < 4.78 is 68.3. The smallest absolute Gasteiger partial charge is 0.416 e. The number of hydrogen-bond acceptors (Lipinski definition) is 4. The molecule has 0 saturated heterocycles. The molecule has 0 spiro atoms. The van der Waals surface area contributed by atoms with Crippen LogP contribution in [0, 0.1) is 0 Å². The lowest BCUT2D eigenvalue weighted by atomic mass is 9.86. The van der Waals surface area contributed by atoms with Crippen molar-refractivity contribution in [3.05, 3.63) is 65.2 Å². The van der Waals surface area contributed by atoms with Crippen LogP contribution < -0.4 is 0 Å². The van der Waals surface area contributed by atoms with Crippen molar-refractivity contribution in [2.45, 2.75) is 43.4 Å². The average molecular weight is 438 g/mol. The standard InChI is InChI=1S/C22H21F3O4S/c1-4-21(5-2)20(26)18(14-6-10-16(11-7-14)22(23,24)25)19(29-21)15-8-12-17(13-9-15)30(3,27)28/h6-13H,4-5H2,1-3H3. The summed E-state index contributed by atoms with van der Waals surface area (Å²) in [6.45, 7) is 3.61. The first-order valence-electron chi connectivity index (χ1n) is 9.39. The maximum atomic E-state index is 13.3. The van der Waals surface area contributed by atoms with E-state index in [0.29, 0.717) is 24.0 Å². The molecule has 0 radical (unpaired) electrons. The average Bonchev–Trinajstić information content (AvgIpc) is 3.00. The number of ether oxygens (including phenoxy) is 1. The topological polar surface area (TPSA) is 60.4 Å². The molecule has 2 aromatic carbocycles. The van der Waals surface area contributed by atoms with Crippen LogP contribution in [0.2, 0.25) is 0 Å². The summed E-state index contributed by atoms with van der Waals surface area (Å²) in [6, 6.07) is 10.3. The molecule has 3 rings (SSSR count). The van der Waals surface area contributed by atoms with Gasteiger partial charge in [-0.15, -0.1) is 0 Å². The summed E-state index contributed by atoms with van der Waals surface area (Å²) in [5.41, 5.74) is -0.925. The second-order valence-electron chi connectivity index (χ2n) is 7.21. The summed E-state index contributed by atoms with van der Waals surface area (Å²) in [5.74, 6) is -0.0574. The third kappa shape index (κ3) is 3.88. The third-order valence-corrected chi connectivity index (χ3v) is 6.48. The molecule has 0 amide bonds. The first-order valence-corrected chi connectivity index (χ1v) is 11.3. The number of benzene rings is 2. The van der Waals surface area contributed by atoms with Gasteiger partial charge in [0.25, 0.3) is 0 Å². The number of carbonyl (C=O) groups is 1. The van der Waals surface area contributed by atoms with Gasteiger partial charge in [0.05, 0.1) is 16.0 Å². The summed E-state index contributed by atoms with van der Waals surface area (Å²) in [7, 11) is -3.40. The highest BCUT2D eigenvalue weighted by Crippen LogP contribution is 2.45. The fourth-order valence-corrected chi connectivity index (χ4v) is 4.11. The summed E-state index contributed by atoms with van der Waals surface area (Å²) >= 11 is 0. The minimum absolute atomic E-state index is 0.115. The molecule has 8 heteroatoms. The first-order chi connectivity index (χ1) is 13.9. The van der Waals surface area contributed by atoms with Gasteiger partial charge in [-0.25, -0.2) is 8.42 Å². The zero-order chi connectivity index (χ0) is 22.3. The molecule has 0 unspecified atom stereocenters. The van der Waals surface area contributed by atoms with Gasteiger partial charge >= 0.3 is 6.18 Å². The van der Waals surface area contributed by atoms with E-state index in [-0.39, 0.29) is 22.0 Å². The van der Waals surface area contributed by atoms with Gasteiger partial charge in [-0.05, 0) is 54.8 Å². The summed E-state index contributed by atoms with van der Waals surface area (Å²) in [5, 5.41) is 0. The fourth-order valence-electron chi connectivity index (χ4n) is 3.48. The van der Waals surface area contributed by atoms with E-state index >= 15 is 0 Å². The Kier molecular flexibility index (Phi) is 5.58. The maximum Gasteiger partial charge on any atom is 0.416 e. The van der Waals surface area contributed by atoms with Crippen LogP contribution in [0.25, 0.3) is 11.3 Å². The molecule has 1 heterocycles. The molecular formula is C22H21F3O4S. The molecule has 1 aliphatic heterocycles. The van der Waals surface area contributed by atoms with Gasteiger partial charge in [0, 0.05) is 11.8 Å². The van der Waals surface area contributed by atoms with Crippen LogP contribution in [-0.2, 0) is 25.5 Å². The Morgan fingerprint density at radius 2 is 1.40 bits per heavy atom. The number of rotatable bonds is 5. The Hall–Kier alpha value is -2.61. The van der Waals surface area contributed by atoms with Crippen molar-refractivity contribution in [2.75, 3.05) is 6.26 Å². The van der Waals surface area contributed by atoms with E-state index < -0.39 is 27.2 Å². The van der Waals surface area contributed by atoms with Crippen LogP contribution in [0.3, 0.4) is 0 Å². The minimum atomic E-state index is -4.48. The molecule has 2 aromatic rings. The quantitative estimate of drug-likeness (QED) is 0.649. The number of hydrogen-bond donors (Lipinski definition) is 0. The van der Waals surface area contributed by atoms with Crippen LogP contribution in [0.15, 0.2) is 53.4 Å². The molecule has 1 aliphatic rings. The van der Waals surface area contributed by atoms with Crippen LogP contribution in [-0.4, -0.2) is 26.1 Å². The molecule has 0 fully saturated rings. The van der Waals surface area contributed by atoms with Crippen LogP contribution >= 0.6 is 0 Å². The van der Waals surface area contributed by atoms with Crippen molar-refractivity contribution >= 4 is 27.0 Å². The van der Waals surface area contributed by atoms with E-state index in [1.807, 2.05) is 13.8 Å². The molecular weight excluding hydrogens is 417 g/mol. The van der Waals surface area contributed by atoms with Crippen LogP contribution in [0.5, 0.6) is 0 Å². The first kappa shape index (κ1) is 22.1. The van der Waals surface area contributed by atoms with E-state index in [2.05, 4.69) is 0 Å². The normalized spacial score (nSPS) is 16.7. The second kappa shape index (κ2) is 7.58. The lowest BCUT2D eigenvalue weighted by Gasteiger charge is -2.25. The minimum Gasteiger partial charge on any atom is -0.478 e. The molecule has 0 atom stereocenters. The number of ketones is 1. The van der Waals surface area contributed by atoms with E-state index in [9.17, 15) is 26.4 Å². The Morgan fingerprint density at radius 1 is 0.900 bits per heavy atom. The van der Waals surface area contributed by atoms with Gasteiger partial charge in [0.2, 0.25) is 5.78 Å². The lowest BCUT2D eigenvalue weighted by molar-refractivity contribution is -0.137. The van der Waals surface area contributed by atoms with E-state index in [1.165, 1.54) is 36.4 Å². The van der Waals surface area contributed by atoms with Crippen molar-refractivity contribution in [1.82, 2.24) is 0 Å². The molecule has 160 valence electrons. The largest absolute Gasteiger partial charge is 0.478 e. The van der Waals surface area contributed by atoms with Gasteiger partial charge in [0.15, 0.2) is 15.4 Å². The van der Waals surface area contributed by atoms with Crippen LogP contribution in [0.4, 0.5) is 13.2 Å². The zero-order valence-electron chi connectivity index (χ0n) is 16.7. The van der Waals surface area contributed by atoms with Gasteiger partial charge < -0.3 is 4.74 Å². The van der Waals surface area contributed by atoms with Gasteiger partial charge in [0.1, 0.15) is 5.76 Å². The van der Waals surface area contributed by atoms with Crippen molar-refractivity contribution < 1.29 is 31.1 Å². The Balaban J connectivity index is 2.16. The summed E-state index contributed by atoms with van der Waals surface area (Å²) in [6.07, 6.45) is -2.62. The molecule has 30 heavy (non-hydrogen) atoms. The fraction of sp³-hybridized carbons (Fsp3) is 0.318. The number of halogens is 3. The highest BCUT2D eigenvalue weighted by Gasteiger charge is 2.47. The summed E-state index contributed by atoms with van der Waals surface area (Å²) in [4.78, 5) is 13.4. The van der Waals surface area contributed by atoms with Gasteiger partial charge in [-0.3, -0.25) is 4.79 Å². The number of sulfone groups is 1. The van der Waals surface area contributed by atoms with Crippen molar-refractivity contribution in [2.24, 2.45) is 0 Å². The zero-order valence-corrected chi connectivity index (χ0v) is 17.5. The van der Waals surface area contributed by atoms with Crippen molar-refractivity contribution in [3.63, 3.8) is 0 Å². The highest BCUT2D eigenvalue weighted by molar-refractivity contribution is 7.90. The number of Topliss-reactive ketones (excluding diaryl/α,β-unsaturated/α-hetero) is 1. The van der Waals surface area contributed by atoms with E-state index in [4.69, 9.17) is 4.74 Å². The molecule has 4 nitrogen and oxygen atoms in total. The monoisotopic (exact) mass is 438 g/mol. The van der Waals surface area contributed by atoms with E-state index in [0.717, 1.165) is 18.4 Å². The van der Waals surface area contributed by atoms with Crippen LogP contribution in [0.1, 0.15) is 43.4 Å². The molecule has 0 bridgehead atoms. The highest BCUT2D eigenvalue weighted by atomic mass is 32.2. The molecule has 0 aliphatic carbocycles. The molecule has 0 aromatic heterocycles. The number of alkyl halides is 3. The van der Waals surface area contributed by atoms with E-state index in [1.54, 1.807) is 0 Å². The second-order valence-corrected chi connectivity index (χ2v) is 9.22. The van der Waals surface area contributed by atoms with Gasteiger partial charge in [-0.1, -0.05) is 26.0 Å². The lowest BCUT2D eigenvalue weighted by Crippen LogP contribution is -2.35. The van der Waals surface area contributed by atoms with Crippen molar-refractivity contribution in [3.8, 4) is 0 Å². The molecule has 0 saturated carbocycles. The third-order valence-electron chi connectivity index (χ3n) is 5.35. The maximum absolute atomic E-state index is 13.3. The van der Waals surface area contributed by atoms with Gasteiger partial charge in [-0.2, -0.15) is 13.2 Å². The Morgan fingerprint density at radius 3 is 1.83 bits per heavy atom. The molecule has 0 N–H and O–H groups in total. The van der Waals surface area contributed by atoms with Crippen molar-refractivity contribution in [1.29, 1.82) is 0 Å². The predicted octanol–water partition coefficient (Wildman–Crippen LogP) is 5.14. The number of carbonyl (C=O) groups excluding carboxylic acids is 1. The Bertz CT molecular complexity index is 1090. The Labute approximate surface area is 173 Å². The SMILES string of the molecule is CCC1(CC)OC(c2ccc(S(C)(=O)=O)cc2)=C(c2ccc(C(F)(F)F)cc2)C1=O. The predicted molar refractivity (Wildman–Crippen MR) is 107 cm³/mol.